The van der Waals surface area contributed by atoms with Crippen molar-refractivity contribution in [3.63, 3.8) is 0 Å². The number of carbonyl (C=O) groups excluding carboxylic acids is 1. The van der Waals surface area contributed by atoms with Crippen LogP contribution in [0.25, 0.3) is 0 Å². The molecule has 8 heteroatoms. The van der Waals surface area contributed by atoms with E-state index in [9.17, 15) is 9.59 Å². The van der Waals surface area contributed by atoms with Crippen molar-refractivity contribution in [1.82, 2.24) is 0 Å². The van der Waals surface area contributed by atoms with E-state index in [2.05, 4.69) is 10.0 Å². The van der Waals surface area contributed by atoms with Gasteiger partial charge in [-0.3, -0.25) is 4.79 Å². The first-order valence-corrected chi connectivity index (χ1v) is 8.20. The van der Waals surface area contributed by atoms with Gasteiger partial charge in [-0.2, -0.15) is 0 Å². The van der Waals surface area contributed by atoms with Gasteiger partial charge in [-0.05, 0) is 24.3 Å². The highest BCUT2D eigenvalue weighted by atomic mass is 35.5. The maximum Gasteiger partial charge on any atom is 0.336 e. The number of carbonyl (C=O) groups is 2. The van der Waals surface area contributed by atoms with Gasteiger partial charge in [0.1, 0.15) is 0 Å². The molecule has 0 aliphatic rings. The number of nitrogens with one attached hydrogen (secondary N) is 2. The van der Waals surface area contributed by atoms with Gasteiger partial charge in [0.15, 0.2) is 0 Å². The largest absolute Gasteiger partial charge is 0.478 e. The highest BCUT2D eigenvalue weighted by molar-refractivity contribution is 7.99. The lowest BCUT2D eigenvalue weighted by atomic mass is 10.2. The molecule has 1 heterocycles. The molecular weight excluding hydrogens is 332 g/mol. The first kappa shape index (κ1) is 15.7. The van der Waals surface area contributed by atoms with Crippen molar-refractivity contribution in [2.75, 3.05) is 16.3 Å². The molecule has 0 spiro atoms. The smallest absolute Gasteiger partial charge is 0.336 e. The summed E-state index contributed by atoms with van der Waals surface area (Å²) >= 11 is 8.47. The van der Waals surface area contributed by atoms with Gasteiger partial charge in [0.05, 0.1) is 10.4 Å². The molecule has 1 amide bonds. The van der Waals surface area contributed by atoms with Crippen LogP contribution in [-0.4, -0.2) is 23.2 Å². The van der Waals surface area contributed by atoms with E-state index in [4.69, 9.17) is 16.7 Å². The molecule has 2 aromatic rings. The number of rotatable bonds is 5. The summed E-state index contributed by atoms with van der Waals surface area (Å²) in [6, 6.07) is 6.44. The third-order valence-corrected chi connectivity index (χ3v) is 4.03. The summed E-state index contributed by atoms with van der Waals surface area (Å²) in [5, 5.41) is 13.5. The number of halogens is 1. The summed E-state index contributed by atoms with van der Waals surface area (Å²) in [5.74, 6) is -1.43. The Balaban J connectivity index is 2.16. The molecule has 0 bridgehead atoms. The second kappa shape index (κ2) is 6.84. The zero-order chi connectivity index (χ0) is 15.4. The number of benzene rings is 1. The zero-order valence-electron chi connectivity index (χ0n) is 10.8. The number of aromatic carboxylic acids is 1. The number of carboxylic acid groups (broad SMARTS) is 1. The maximum atomic E-state index is 12.1. The first-order chi connectivity index (χ1) is 9.99. The zero-order valence-corrected chi connectivity index (χ0v) is 13.2. The predicted octanol–water partition coefficient (Wildman–Crippen LogP) is 4.04. The van der Waals surface area contributed by atoms with Crippen LogP contribution in [0.5, 0.6) is 0 Å². The Morgan fingerprint density at radius 3 is 2.57 bits per heavy atom. The SMILES string of the molecule is CSNc1cc(Cl)cc(NC(=O)c2cc(C(=O)O)cs2)c1. The van der Waals surface area contributed by atoms with Crippen molar-refractivity contribution < 1.29 is 14.7 Å². The van der Waals surface area contributed by atoms with E-state index < -0.39 is 5.97 Å². The second-order valence-electron chi connectivity index (χ2n) is 3.99. The van der Waals surface area contributed by atoms with Crippen molar-refractivity contribution in [3.8, 4) is 0 Å². The quantitative estimate of drug-likeness (QED) is 0.715. The van der Waals surface area contributed by atoms with Crippen LogP contribution >= 0.6 is 34.9 Å². The molecule has 0 saturated carbocycles. The van der Waals surface area contributed by atoms with Crippen LogP contribution in [-0.2, 0) is 0 Å². The van der Waals surface area contributed by atoms with Gasteiger partial charge in [0.25, 0.3) is 5.91 Å². The normalized spacial score (nSPS) is 10.2. The van der Waals surface area contributed by atoms with E-state index in [-0.39, 0.29) is 11.5 Å². The molecule has 0 unspecified atom stereocenters. The number of hydrogen-bond acceptors (Lipinski definition) is 5. The lowest BCUT2D eigenvalue weighted by molar-refractivity contribution is 0.0697. The number of hydrogen-bond donors (Lipinski definition) is 3. The standard InChI is InChI=1S/C13H11ClN2O3S2/c1-20-16-10-4-8(14)3-9(5-10)15-12(17)11-2-7(6-21-11)13(18)19/h2-6,16H,1H3,(H,15,17)(H,18,19). The fourth-order valence-corrected chi connectivity index (χ4v) is 2.96. The topological polar surface area (TPSA) is 78.4 Å². The van der Waals surface area contributed by atoms with Crippen LogP contribution in [0, 0.1) is 0 Å². The van der Waals surface area contributed by atoms with Gasteiger partial charge in [-0.25, -0.2) is 4.79 Å². The molecule has 1 aromatic heterocycles. The van der Waals surface area contributed by atoms with Crippen LogP contribution in [0.15, 0.2) is 29.6 Å². The minimum atomic E-state index is -1.06. The number of anilines is 2. The lowest BCUT2D eigenvalue weighted by Crippen LogP contribution is -2.10. The Hall–Kier alpha value is -1.70. The molecule has 2 rings (SSSR count). The van der Waals surface area contributed by atoms with Crippen molar-refractivity contribution in [2.45, 2.75) is 0 Å². The molecule has 21 heavy (non-hydrogen) atoms. The molecule has 1 aromatic carbocycles. The summed E-state index contributed by atoms with van der Waals surface area (Å²) in [7, 11) is 0. The third-order valence-electron chi connectivity index (χ3n) is 2.45. The van der Waals surface area contributed by atoms with Crippen LogP contribution in [0.3, 0.4) is 0 Å². The van der Waals surface area contributed by atoms with Crippen LogP contribution in [0.1, 0.15) is 20.0 Å². The lowest BCUT2D eigenvalue weighted by Gasteiger charge is -2.08. The predicted molar refractivity (Wildman–Crippen MR) is 87.8 cm³/mol. The van der Waals surface area contributed by atoms with E-state index in [1.807, 2.05) is 6.26 Å². The van der Waals surface area contributed by atoms with Crippen LogP contribution < -0.4 is 10.0 Å². The van der Waals surface area contributed by atoms with Gasteiger partial charge in [0.2, 0.25) is 0 Å². The van der Waals surface area contributed by atoms with E-state index >= 15 is 0 Å². The highest BCUT2D eigenvalue weighted by Gasteiger charge is 2.13. The summed E-state index contributed by atoms with van der Waals surface area (Å²) < 4.78 is 3.03. The fraction of sp³-hybridized carbons (Fsp3) is 0.0769. The van der Waals surface area contributed by atoms with Crippen molar-refractivity contribution >= 4 is 58.1 Å². The monoisotopic (exact) mass is 342 g/mol. The van der Waals surface area contributed by atoms with Gasteiger partial charge >= 0.3 is 5.97 Å². The number of amides is 1. The van der Waals surface area contributed by atoms with E-state index in [0.29, 0.717) is 15.6 Å². The Bertz CT molecular complexity index is 688. The molecule has 0 aliphatic carbocycles. The molecule has 0 atom stereocenters. The van der Waals surface area contributed by atoms with Crippen molar-refractivity contribution in [2.24, 2.45) is 0 Å². The molecular formula is C13H11ClN2O3S2. The number of thiophene rings is 1. The van der Waals surface area contributed by atoms with Gasteiger partial charge in [-0.1, -0.05) is 23.5 Å². The molecule has 5 nitrogen and oxygen atoms in total. The Labute approximate surface area is 134 Å². The van der Waals surface area contributed by atoms with Crippen LogP contribution in [0.4, 0.5) is 11.4 Å². The van der Waals surface area contributed by atoms with Gasteiger partial charge in [-0.15, -0.1) is 11.3 Å². The summed E-state index contributed by atoms with van der Waals surface area (Å²) in [6.07, 6.45) is 1.87. The Morgan fingerprint density at radius 1 is 1.24 bits per heavy atom. The molecule has 0 saturated heterocycles. The fourth-order valence-electron chi connectivity index (χ4n) is 1.60. The molecule has 0 radical (unpaired) electrons. The molecule has 0 aliphatic heterocycles. The minimum absolute atomic E-state index is 0.0981. The maximum absolute atomic E-state index is 12.1. The third kappa shape index (κ3) is 4.13. The number of carboxylic acids is 1. The summed E-state index contributed by atoms with van der Waals surface area (Å²) in [4.78, 5) is 23.2. The van der Waals surface area contributed by atoms with Gasteiger partial charge in [0, 0.05) is 28.0 Å². The second-order valence-corrected chi connectivity index (χ2v) is 5.95. The van der Waals surface area contributed by atoms with Crippen molar-refractivity contribution in [3.05, 3.63) is 45.1 Å². The molecule has 3 N–H and O–H groups in total. The highest BCUT2D eigenvalue weighted by Crippen LogP contribution is 2.25. The average molecular weight is 343 g/mol. The van der Waals surface area contributed by atoms with E-state index in [1.165, 1.54) is 23.4 Å². The minimum Gasteiger partial charge on any atom is -0.478 e. The van der Waals surface area contributed by atoms with Crippen LogP contribution in [0.2, 0.25) is 5.02 Å². The molecule has 0 fully saturated rings. The van der Waals surface area contributed by atoms with E-state index in [1.54, 1.807) is 18.2 Å². The summed E-state index contributed by atoms with van der Waals surface area (Å²) in [5.41, 5.74) is 1.40. The summed E-state index contributed by atoms with van der Waals surface area (Å²) in [6.45, 7) is 0. The van der Waals surface area contributed by atoms with E-state index in [0.717, 1.165) is 17.0 Å². The average Bonchev–Trinajstić information content (AvgIpc) is 2.88. The Kier molecular flexibility index (Phi) is 5.11. The first-order valence-electron chi connectivity index (χ1n) is 5.72. The van der Waals surface area contributed by atoms with Crippen molar-refractivity contribution in [1.29, 1.82) is 0 Å². The molecule has 110 valence electrons. The van der Waals surface area contributed by atoms with Gasteiger partial charge < -0.3 is 15.1 Å². The Morgan fingerprint density at radius 2 is 1.95 bits per heavy atom.